The van der Waals surface area contributed by atoms with Gasteiger partial charge in [-0.05, 0) is 25.2 Å². The van der Waals surface area contributed by atoms with Crippen LogP contribution in [0.1, 0.15) is 32.6 Å². The highest BCUT2D eigenvalue weighted by atomic mass is 28.4. The molecule has 0 bridgehead atoms. The SMILES string of the molecule is CCCCCCO[Si](C)(C)C[Si](C)(C)C. The Morgan fingerprint density at radius 1 is 0.867 bits per heavy atom. The summed E-state index contributed by atoms with van der Waals surface area (Å²) >= 11 is 0. The first-order valence-electron chi connectivity index (χ1n) is 6.41. The summed E-state index contributed by atoms with van der Waals surface area (Å²) < 4.78 is 6.13. The minimum atomic E-state index is -1.34. The second kappa shape index (κ2) is 6.87. The zero-order chi connectivity index (χ0) is 11.9. The molecule has 0 unspecified atom stereocenters. The third kappa shape index (κ3) is 10.7. The Morgan fingerprint density at radius 2 is 1.47 bits per heavy atom. The van der Waals surface area contributed by atoms with Gasteiger partial charge in [0.15, 0.2) is 8.32 Å². The quantitative estimate of drug-likeness (QED) is 0.447. The van der Waals surface area contributed by atoms with Crippen LogP contribution in [0.3, 0.4) is 0 Å². The highest BCUT2D eigenvalue weighted by Crippen LogP contribution is 2.20. The molecule has 0 N–H and O–H groups in total. The number of unbranched alkanes of at least 4 members (excludes halogenated alkanes) is 3. The largest absolute Gasteiger partial charge is 0.418 e. The van der Waals surface area contributed by atoms with Gasteiger partial charge in [-0.3, -0.25) is 0 Å². The van der Waals surface area contributed by atoms with E-state index in [2.05, 4.69) is 39.7 Å². The third-order valence-corrected chi connectivity index (χ3v) is 11.1. The molecule has 0 heterocycles. The average Bonchev–Trinajstić information content (AvgIpc) is 1.99. The molecule has 0 spiro atoms. The minimum absolute atomic E-state index is 0.931. The van der Waals surface area contributed by atoms with Gasteiger partial charge in [0.25, 0.3) is 0 Å². The lowest BCUT2D eigenvalue weighted by molar-refractivity contribution is 0.297. The summed E-state index contributed by atoms with van der Waals surface area (Å²) in [5.41, 5.74) is 1.40. The van der Waals surface area contributed by atoms with Crippen molar-refractivity contribution < 1.29 is 4.43 Å². The van der Waals surface area contributed by atoms with Crippen LogP contribution in [-0.4, -0.2) is 23.0 Å². The standard InChI is InChI=1S/C12H30OSi2/c1-7-8-9-10-11-13-15(5,6)12-14(2,3)4/h7-12H2,1-6H3. The van der Waals surface area contributed by atoms with Gasteiger partial charge in [0, 0.05) is 14.7 Å². The summed E-state index contributed by atoms with van der Waals surface area (Å²) in [6, 6.07) is 0. The van der Waals surface area contributed by atoms with Crippen LogP contribution in [0.2, 0.25) is 38.4 Å². The Hall–Kier alpha value is 0.394. The molecule has 92 valence electrons. The van der Waals surface area contributed by atoms with Crippen molar-refractivity contribution in [2.24, 2.45) is 0 Å². The van der Waals surface area contributed by atoms with Gasteiger partial charge in [0.2, 0.25) is 0 Å². The predicted molar refractivity (Wildman–Crippen MR) is 75.7 cm³/mol. The Balaban J connectivity index is 3.65. The molecule has 1 nitrogen and oxygen atoms in total. The topological polar surface area (TPSA) is 9.23 Å². The van der Waals surface area contributed by atoms with Crippen molar-refractivity contribution in [2.75, 3.05) is 6.61 Å². The second-order valence-electron chi connectivity index (χ2n) is 6.41. The van der Waals surface area contributed by atoms with E-state index in [1.165, 1.54) is 31.4 Å². The van der Waals surface area contributed by atoms with Crippen LogP contribution in [0.4, 0.5) is 0 Å². The molecule has 15 heavy (non-hydrogen) atoms. The molecular formula is C12H30OSi2. The van der Waals surface area contributed by atoms with E-state index in [9.17, 15) is 0 Å². The van der Waals surface area contributed by atoms with Gasteiger partial charge >= 0.3 is 0 Å². The first-order valence-corrected chi connectivity index (χ1v) is 13.2. The lowest BCUT2D eigenvalue weighted by atomic mass is 10.2. The Morgan fingerprint density at radius 3 is 1.93 bits per heavy atom. The van der Waals surface area contributed by atoms with Crippen LogP contribution < -0.4 is 0 Å². The maximum absolute atomic E-state index is 6.13. The summed E-state index contributed by atoms with van der Waals surface area (Å²) in [5, 5.41) is 0. The van der Waals surface area contributed by atoms with Crippen molar-refractivity contribution in [3.8, 4) is 0 Å². The molecule has 0 aromatic carbocycles. The van der Waals surface area contributed by atoms with Crippen molar-refractivity contribution in [3.63, 3.8) is 0 Å². The number of hydrogen-bond acceptors (Lipinski definition) is 1. The van der Waals surface area contributed by atoms with E-state index in [1.807, 2.05) is 0 Å². The Labute approximate surface area is 98.8 Å². The van der Waals surface area contributed by atoms with E-state index >= 15 is 0 Å². The zero-order valence-corrected chi connectivity index (χ0v) is 13.7. The van der Waals surface area contributed by atoms with Gasteiger partial charge in [-0.25, -0.2) is 0 Å². The number of rotatable bonds is 8. The highest BCUT2D eigenvalue weighted by Gasteiger charge is 2.29. The average molecular weight is 247 g/mol. The van der Waals surface area contributed by atoms with Crippen molar-refractivity contribution >= 4 is 16.4 Å². The monoisotopic (exact) mass is 246 g/mol. The molecule has 0 saturated heterocycles. The number of hydrogen-bond donors (Lipinski definition) is 0. The fourth-order valence-corrected chi connectivity index (χ4v) is 13.5. The van der Waals surface area contributed by atoms with Crippen molar-refractivity contribution in [1.29, 1.82) is 0 Å². The molecule has 0 atom stereocenters. The Bertz CT molecular complexity index is 161. The lowest BCUT2D eigenvalue weighted by Crippen LogP contribution is -2.40. The van der Waals surface area contributed by atoms with Gasteiger partial charge < -0.3 is 4.43 Å². The van der Waals surface area contributed by atoms with Crippen LogP contribution in [0.15, 0.2) is 0 Å². The van der Waals surface area contributed by atoms with E-state index in [4.69, 9.17) is 4.43 Å². The first-order chi connectivity index (χ1) is 6.77. The molecule has 0 rings (SSSR count). The molecule has 0 saturated carbocycles. The van der Waals surface area contributed by atoms with Gasteiger partial charge in [-0.15, -0.1) is 0 Å². The zero-order valence-electron chi connectivity index (χ0n) is 11.7. The molecule has 0 radical (unpaired) electrons. The fraction of sp³-hybridized carbons (Fsp3) is 1.00. The Kier molecular flexibility index (Phi) is 7.05. The summed E-state index contributed by atoms with van der Waals surface area (Å²) in [5.74, 6) is 0. The highest BCUT2D eigenvalue weighted by molar-refractivity contribution is 6.92. The van der Waals surface area contributed by atoms with Gasteiger partial charge in [-0.1, -0.05) is 45.8 Å². The second-order valence-corrected chi connectivity index (χ2v) is 16.7. The van der Waals surface area contributed by atoms with Crippen LogP contribution in [0.5, 0.6) is 0 Å². The van der Waals surface area contributed by atoms with E-state index in [0.717, 1.165) is 6.61 Å². The van der Waals surface area contributed by atoms with Gasteiger partial charge in [0.05, 0.1) is 0 Å². The summed E-state index contributed by atoms with van der Waals surface area (Å²) in [4.78, 5) is 0. The summed E-state index contributed by atoms with van der Waals surface area (Å²) in [6.45, 7) is 15.4. The summed E-state index contributed by atoms with van der Waals surface area (Å²) in [6.07, 6.45) is 5.28. The van der Waals surface area contributed by atoms with Crippen LogP contribution in [0, 0.1) is 0 Å². The molecule has 0 aromatic rings. The molecule has 3 heteroatoms. The van der Waals surface area contributed by atoms with E-state index in [-0.39, 0.29) is 0 Å². The normalized spacial score (nSPS) is 13.2. The van der Waals surface area contributed by atoms with Crippen LogP contribution in [-0.2, 0) is 4.43 Å². The molecule has 0 aromatic heterocycles. The van der Waals surface area contributed by atoms with Gasteiger partial charge in [-0.2, -0.15) is 0 Å². The minimum Gasteiger partial charge on any atom is -0.418 e. The van der Waals surface area contributed by atoms with Crippen molar-refractivity contribution in [2.45, 2.75) is 71.0 Å². The molecule has 0 aliphatic rings. The van der Waals surface area contributed by atoms with Crippen LogP contribution >= 0.6 is 0 Å². The van der Waals surface area contributed by atoms with E-state index in [0.29, 0.717) is 0 Å². The lowest BCUT2D eigenvalue weighted by Gasteiger charge is -2.29. The van der Waals surface area contributed by atoms with E-state index < -0.39 is 16.4 Å². The first kappa shape index (κ1) is 15.4. The summed E-state index contributed by atoms with van der Waals surface area (Å²) in [7, 11) is -2.27. The molecule has 0 fully saturated rings. The molecule has 0 aliphatic carbocycles. The van der Waals surface area contributed by atoms with Crippen molar-refractivity contribution in [3.05, 3.63) is 0 Å². The molecule has 0 amide bonds. The van der Waals surface area contributed by atoms with Crippen molar-refractivity contribution in [1.82, 2.24) is 0 Å². The maximum Gasteiger partial charge on any atom is 0.184 e. The smallest absolute Gasteiger partial charge is 0.184 e. The van der Waals surface area contributed by atoms with Gasteiger partial charge in [0.1, 0.15) is 0 Å². The molecular weight excluding hydrogens is 216 g/mol. The van der Waals surface area contributed by atoms with Crippen LogP contribution in [0.25, 0.3) is 0 Å². The third-order valence-electron chi connectivity index (χ3n) is 2.45. The van der Waals surface area contributed by atoms with E-state index in [1.54, 1.807) is 0 Å². The fourth-order valence-electron chi connectivity index (χ4n) is 2.21. The predicted octanol–water partition coefficient (Wildman–Crippen LogP) is 4.67. The molecule has 0 aliphatic heterocycles. The maximum atomic E-state index is 6.13.